The zero-order valence-corrected chi connectivity index (χ0v) is 14.6. The van der Waals surface area contributed by atoms with Gasteiger partial charge in [0.15, 0.2) is 0 Å². The Balaban J connectivity index is 2.10. The van der Waals surface area contributed by atoms with E-state index in [1.54, 1.807) is 13.8 Å². The van der Waals surface area contributed by atoms with E-state index >= 15 is 0 Å². The summed E-state index contributed by atoms with van der Waals surface area (Å²) in [6.07, 6.45) is 0. The summed E-state index contributed by atoms with van der Waals surface area (Å²) < 4.78 is 2.27. The van der Waals surface area contributed by atoms with E-state index in [9.17, 15) is 14.9 Å². The van der Waals surface area contributed by atoms with Crippen molar-refractivity contribution in [2.45, 2.75) is 33.4 Å². The van der Waals surface area contributed by atoms with Crippen molar-refractivity contribution < 1.29 is 9.72 Å². The number of nitrogens with zero attached hydrogens (tertiary/aromatic N) is 3. The van der Waals surface area contributed by atoms with Crippen LogP contribution in [0.1, 0.15) is 29.9 Å². The van der Waals surface area contributed by atoms with Crippen molar-refractivity contribution in [3.05, 3.63) is 55.8 Å². The lowest BCUT2D eigenvalue weighted by Gasteiger charge is -2.16. The Morgan fingerprint density at radius 1 is 1.43 bits per heavy atom. The van der Waals surface area contributed by atoms with Crippen LogP contribution in [0.4, 0.5) is 5.69 Å². The third kappa shape index (κ3) is 3.76. The van der Waals surface area contributed by atoms with E-state index in [2.05, 4.69) is 26.3 Å². The molecule has 0 aliphatic rings. The second-order valence-corrected chi connectivity index (χ2v) is 6.10. The number of carbonyl (C=O) groups is 1. The summed E-state index contributed by atoms with van der Waals surface area (Å²) in [5.74, 6) is -0.256. The highest BCUT2D eigenvalue weighted by atomic mass is 79.9. The first kappa shape index (κ1) is 17.1. The molecule has 0 saturated heterocycles. The summed E-state index contributed by atoms with van der Waals surface area (Å²) in [5.41, 5.74) is 1.59. The number of halogens is 1. The number of aryl methyl sites for hydroxylation is 1. The van der Waals surface area contributed by atoms with Gasteiger partial charge in [-0.1, -0.05) is 34.1 Å². The number of amides is 1. The Kier molecular flexibility index (Phi) is 5.15. The van der Waals surface area contributed by atoms with Gasteiger partial charge >= 0.3 is 5.69 Å². The summed E-state index contributed by atoms with van der Waals surface area (Å²) in [6, 6.07) is 7.43. The van der Waals surface area contributed by atoms with Crippen LogP contribution in [-0.4, -0.2) is 20.6 Å². The summed E-state index contributed by atoms with van der Waals surface area (Å²) in [5, 5.41) is 17.9. The molecule has 0 spiro atoms. The monoisotopic (exact) mass is 380 g/mol. The van der Waals surface area contributed by atoms with E-state index in [0.29, 0.717) is 11.4 Å². The van der Waals surface area contributed by atoms with Crippen molar-refractivity contribution in [1.82, 2.24) is 15.1 Å². The van der Waals surface area contributed by atoms with Crippen LogP contribution in [0.2, 0.25) is 0 Å². The fourth-order valence-electron chi connectivity index (χ4n) is 2.43. The predicted octanol–water partition coefficient (Wildman–Crippen LogP) is 3.05. The topological polar surface area (TPSA) is 90.1 Å². The highest BCUT2D eigenvalue weighted by molar-refractivity contribution is 9.10. The minimum atomic E-state index is -0.476. The van der Waals surface area contributed by atoms with Gasteiger partial charge in [0.2, 0.25) is 5.91 Å². The average molecular weight is 381 g/mol. The maximum atomic E-state index is 12.2. The van der Waals surface area contributed by atoms with Crippen molar-refractivity contribution >= 4 is 27.5 Å². The second kappa shape index (κ2) is 6.91. The molecule has 1 aromatic carbocycles. The van der Waals surface area contributed by atoms with Crippen LogP contribution in [-0.2, 0) is 11.3 Å². The van der Waals surface area contributed by atoms with Gasteiger partial charge in [-0.3, -0.25) is 19.6 Å². The molecule has 2 aromatic rings. The van der Waals surface area contributed by atoms with Crippen molar-refractivity contribution in [2.24, 2.45) is 0 Å². The quantitative estimate of drug-likeness (QED) is 0.637. The first-order valence-electron chi connectivity index (χ1n) is 7.03. The minimum Gasteiger partial charge on any atom is -0.348 e. The van der Waals surface area contributed by atoms with Gasteiger partial charge in [0.25, 0.3) is 0 Å². The van der Waals surface area contributed by atoms with Crippen LogP contribution in [0.3, 0.4) is 0 Å². The molecule has 0 aliphatic carbocycles. The molecular weight excluding hydrogens is 364 g/mol. The highest BCUT2D eigenvalue weighted by Crippen LogP contribution is 2.23. The third-order valence-electron chi connectivity index (χ3n) is 3.57. The van der Waals surface area contributed by atoms with Crippen LogP contribution in [0.25, 0.3) is 0 Å². The molecule has 122 valence electrons. The first-order chi connectivity index (χ1) is 10.8. The smallest absolute Gasteiger partial charge is 0.312 e. The number of nitrogens with one attached hydrogen (secondary N) is 1. The number of hydrogen-bond donors (Lipinski definition) is 1. The lowest BCUT2D eigenvalue weighted by atomic mass is 10.1. The first-order valence-corrected chi connectivity index (χ1v) is 7.82. The molecule has 1 heterocycles. The molecule has 0 radical (unpaired) electrons. The van der Waals surface area contributed by atoms with E-state index in [1.165, 1.54) is 4.68 Å². The summed E-state index contributed by atoms with van der Waals surface area (Å²) in [6.45, 7) is 4.96. The molecule has 1 atom stereocenters. The Labute approximate surface area is 142 Å². The average Bonchev–Trinajstić information content (AvgIpc) is 2.73. The van der Waals surface area contributed by atoms with Crippen molar-refractivity contribution in [1.29, 1.82) is 0 Å². The highest BCUT2D eigenvalue weighted by Gasteiger charge is 2.23. The van der Waals surface area contributed by atoms with Gasteiger partial charge in [-0.2, -0.15) is 5.10 Å². The molecule has 7 nitrogen and oxygen atoms in total. The van der Waals surface area contributed by atoms with Crippen molar-refractivity contribution in [3.8, 4) is 0 Å². The Morgan fingerprint density at radius 2 is 2.09 bits per heavy atom. The van der Waals surface area contributed by atoms with Crippen LogP contribution in [0.5, 0.6) is 0 Å². The third-order valence-corrected chi connectivity index (χ3v) is 4.29. The molecule has 0 aliphatic heterocycles. The summed E-state index contributed by atoms with van der Waals surface area (Å²) in [4.78, 5) is 22.7. The van der Waals surface area contributed by atoms with Crippen LogP contribution in [0, 0.1) is 24.0 Å². The molecule has 0 fully saturated rings. The zero-order valence-electron chi connectivity index (χ0n) is 13.0. The molecule has 23 heavy (non-hydrogen) atoms. The second-order valence-electron chi connectivity index (χ2n) is 5.24. The molecule has 2 rings (SSSR count). The maximum absolute atomic E-state index is 12.2. The molecular formula is C15H17BrN4O3. The van der Waals surface area contributed by atoms with Gasteiger partial charge in [0, 0.05) is 4.47 Å². The van der Waals surface area contributed by atoms with Gasteiger partial charge in [-0.05, 0) is 32.4 Å². The Bertz CT molecular complexity index is 757. The fraction of sp³-hybridized carbons (Fsp3) is 0.333. The van der Waals surface area contributed by atoms with Crippen LogP contribution >= 0.6 is 15.9 Å². The van der Waals surface area contributed by atoms with E-state index < -0.39 is 4.92 Å². The Hall–Kier alpha value is -2.22. The van der Waals surface area contributed by atoms with Gasteiger partial charge in [0.05, 0.1) is 11.0 Å². The number of nitro groups is 1. The largest absolute Gasteiger partial charge is 0.348 e. The van der Waals surface area contributed by atoms with E-state index in [1.807, 2.05) is 31.2 Å². The molecule has 0 saturated carbocycles. The predicted molar refractivity (Wildman–Crippen MR) is 89.1 cm³/mol. The molecule has 0 unspecified atom stereocenters. The number of carbonyl (C=O) groups excluding carboxylic acids is 1. The minimum absolute atomic E-state index is 0.0448. The van der Waals surface area contributed by atoms with E-state index in [-0.39, 0.29) is 24.2 Å². The summed E-state index contributed by atoms with van der Waals surface area (Å²) in [7, 11) is 0. The van der Waals surface area contributed by atoms with Gasteiger partial charge < -0.3 is 5.32 Å². The number of hydrogen-bond acceptors (Lipinski definition) is 4. The summed E-state index contributed by atoms with van der Waals surface area (Å²) >= 11 is 3.45. The number of benzene rings is 1. The molecule has 1 aromatic heterocycles. The van der Waals surface area contributed by atoms with Gasteiger partial charge in [-0.25, -0.2) is 0 Å². The molecule has 0 bridgehead atoms. The number of rotatable bonds is 5. The van der Waals surface area contributed by atoms with Crippen molar-refractivity contribution in [3.63, 3.8) is 0 Å². The zero-order chi connectivity index (χ0) is 17.1. The lowest BCUT2D eigenvalue weighted by molar-refractivity contribution is -0.386. The van der Waals surface area contributed by atoms with Crippen molar-refractivity contribution in [2.75, 3.05) is 0 Å². The lowest BCUT2D eigenvalue weighted by Crippen LogP contribution is -2.31. The maximum Gasteiger partial charge on any atom is 0.312 e. The molecule has 1 amide bonds. The van der Waals surface area contributed by atoms with Crippen LogP contribution in [0.15, 0.2) is 28.7 Å². The van der Waals surface area contributed by atoms with Gasteiger partial charge in [0.1, 0.15) is 17.9 Å². The molecule has 8 heteroatoms. The fourth-order valence-corrected chi connectivity index (χ4v) is 3.06. The number of aromatic nitrogens is 2. The van der Waals surface area contributed by atoms with E-state index in [0.717, 1.165) is 10.0 Å². The van der Waals surface area contributed by atoms with Gasteiger partial charge in [-0.15, -0.1) is 0 Å². The van der Waals surface area contributed by atoms with Crippen LogP contribution < -0.4 is 5.32 Å². The van der Waals surface area contributed by atoms with E-state index in [4.69, 9.17) is 0 Å². The molecule has 1 N–H and O–H groups in total. The Morgan fingerprint density at radius 3 is 2.65 bits per heavy atom. The standard InChI is InChI=1S/C15H17BrN4O3/c1-9(12-6-4-5-7-13(12)16)17-14(21)8-19-11(3)15(20(22)23)10(2)18-19/h4-7,9H,8H2,1-3H3,(H,17,21)/t9-/m1/s1. The SMILES string of the molecule is Cc1nn(CC(=O)N[C@H](C)c2ccccc2Br)c(C)c1[N+](=O)[O-]. The normalized spacial score (nSPS) is 12.0.